The highest BCUT2D eigenvalue weighted by atomic mass is 16.3. The maximum atomic E-state index is 5.89. The van der Waals surface area contributed by atoms with Crippen LogP contribution in [0.2, 0.25) is 0 Å². The monoisotopic (exact) mass is 290 g/mol. The number of para-hydroxylation sites is 2. The van der Waals surface area contributed by atoms with E-state index in [1.54, 1.807) is 4.68 Å². The highest BCUT2D eigenvalue weighted by molar-refractivity contribution is 5.83. The van der Waals surface area contributed by atoms with Crippen LogP contribution in [0.25, 0.3) is 33.8 Å². The molecule has 2 aromatic carbocycles. The maximum Gasteiger partial charge on any atom is 0.227 e. The van der Waals surface area contributed by atoms with Gasteiger partial charge in [-0.15, -0.1) is 0 Å². The third kappa shape index (κ3) is 1.95. The zero-order valence-corrected chi connectivity index (χ0v) is 12.0. The fraction of sp³-hybridized carbons (Fsp3) is 0.0588. The number of fused-ring (bicyclic) bond motifs is 1. The lowest BCUT2D eigenvalue weighted by Gasteiger charge is -2.03. The Hall–Kier alpha value is -3.08. The molecule has 2 N–H and O–H groups in total. The molecular formula is C17H14N4O. The lowest BCUT2D eigenvalue weighted by Crippen LogP contribution is -1.96. The van der Waals surface area contributed by atoms with Crippen molar-refractivity contribution in [2.75, 3.05) is 5.73 Å². The van der Waals surface area contributed by atoms with Gasteiger partial charge in [0.15, 0.2) is 5.58 Å². The number of oxazole rings is 1. The molecule has 0 aliphatic heterocycles. The number of aromatic nitrogens is 3. The Morgan fingerprint density at radius 1 is 1.00 bits per heavy atom. The van der Waals surface area contributed by atoms with Gasteiger partial charge in [-0.25, -0.2) is 4.98 Å². The lowest BCUT2D eigenvalue weighted by molar-refractivity contribution is 0.620. The summed E-state index contributed by atoms with van der Waals surface area (Å²) in [6, 6.07) is 17.5. The third-order valence-corrected chi connectivity index (χ3v) is 3.64. The van der Waals surface area contributed by atoms with E-state index in [0.717, 1.165) is 27.9 Å². The number of aryl methyl sites for hydroxylation is 1. The van der Waals surface area contributed by atoms with E-state index in [1.165, 1.54) is 0 Å². The second-order valence-electron chi connectivity index (χ2n) is 5.11. The van der Waals surface area contributed by atoms with Crippen molar-refractivity contribution in [2.24, 2.45) is 7.05 Å². The van der Waals surface area contributed by atoms with Crippen molar-refractivity contribution in [3.63, 3.8) is 0 Å². The van der Waals surface area contributed by atoms with Crippen LogP contribution in [-0.4, -0.2) is 14.8 Å². The summed E-state index contributed by atoms with van der Waals surface area (Å²) < 4.78 is 7.53. The van der Waals surface area contributed by atoms with Crippen molar-refractivity contribution < 1.29 is 4.42 Å². The Kier molecular flexibility index (Phi) is 2.72. The van der Waals surface area contributed by atoms with Crippen molar-refractivity contribution in [2.45, 2.75) is 0 Å². The minimum Gasteiger partial charge on any atom is -0.436 e. The summed E-state index contributed by atoms with van der Waals surface area (Å²) in [5, 5.41) is 4.44. The van der Waals surface area contributed by atoms with E-state index < -0.39 is 0 Å². The Bertz CT molecular complexity index is 915. The molecule has 108 valence electrons. The first-order valence-electron chi connectivity index (χ1n) is 6.97. The van der Waals surface area contributed by atoms with E-state index in [4.69, 9.17) is 10.2 Å². The number of hydrogen-bond donors (Lipinski definition) is 1. The fourth-order valence-corrected chi connectivity index (χ4v) is 2.49. The van der Waals surface area contributed by atoms with Gasteiger partial charge in [-0.3, -0.25) is 4.68 Å². The Labute approximate surface area is 127 Å². The van der Waals surface area contributed by atoms with Gasteiger partial charge in [-0.2, -0.15) is 5.10 Å². The van der Waals surface area contributed by atoms with Gasteiger partial charge in [-0.05, 0) is 18.2 Å². The molecule has 0 amide bonds. The summed E-state index contributed by atoms with van der Waals surface area (Å²) in [6.07, 6.45) is 0. The van der Waals surface area contributed by atoms with Crippen molar-refractivity contribution in [3.8, 4) is 22.7 Å². The molecule has 0 unspecified atom stereocenters. The zero-order chi connectivity index (χ0) is 15.1. The topological polar surface area (TPSA) is 69.9 Å². The third-order valence-electron chi connectivity index (χ3n) is 3.64. The molecular weight excluding hydrogens is 276 g/mol. The molecule has 0 atom stereocenters. The van der Waals surface area contributed by atoms with Crippen LogP contribution in [-0.2, 0) is 7.05 Å². The number of nitrogens with two attached hydrogens (primary N) is 1. The number of anilines is 1. The lowest BCUT2D eigenvalue weighted by atomic mass is 10.0. The van der Waals surface area contributed by atoms with Crippen molar-refractivity contribution in [1.82, 2.24) is 14.8 Å². The number of benzene rings is 2. The summed E-state index contributed by atoms with van der Waals surface area (Å²) in [5.41, 5.74) is 10.2. The van der Waals surface area contributed by atoms with Crippen LogP contribution in [0.5, 0.6) is 0 Å². The molecule has 2 heterocycles. The van der Waals surface area contributed by atoms with Crippen LogP contribution in [0.15, 0.2) is 59.0 Å². The van der Waals surface area contributed by atoms with Gasteiger partial charge in [0.2, 0.25) is 5.89 Å². The molecule has 5 nitrogen and oxygen atoms in total. The van der Waals surface area contributed by atoms with Crippen LogP contribution in [0.3, 0.4) is 0 Å². The maximum absolute atomic E-state index is 5.89. The second-order valence-corrected chi connectivity index (χ2v) is 5.11. The zero-order valence-electron chi connectivity index (χ0n) is 12.0. The fourth-order valence-electron chi connectivity index (χ4n) is 2.49. The summed E-state index contributed by atoms with van der Waals surface area (Å²) in [5.74, 6) is 1.20. The van der Waals surface area contributed by atoms with Crippen molar-refractivity contribution in [3.05, 3.63) is 54.6 Å². The highest BCUT2D eigenvalue weighted by Gasteiger charge is 2.15. The van der Waals surface area contributed by atoms with Gasteiger partial charge in [0.05, 0.1) is 5.69 Å². The van der Waals surface area contributed by atoms with Crippen molar-refractivity contribution in [1.29, 1.82) is 0 Å². The molecule has 0 spiro atoms. The first-order valence-corrected chi connectivity index (χ1v) is 6.97. The summed E-state index contributed by atoms with van der Waals surface area (Å²) in [7, 11) is 1.82. The minimum absolute atomic E-state index is 0.584. The average molecular weight is 290 g/mol. The quantitative estimate of drug-likeness (QED) is 0.613. The molecule has 0 saturated carbocycles. The molecule has 0 aliphatic carbocycles. The predicted octanol–water partition coefficient (Wildman–Crippen LogP) is 3.48. The summed E-state index contributed by atoms with van der Waals surface area (Å²) in [6.45, 7) is 0. The summed E-state index contributed by atoms with van der Waals surface area (Å²) >= 11 is 0. The van der Waals surface area contributed by atoms with E-state index in [-0.39, 0.29) is 0 Å². The molecule has 0 aliphatic rings. The van der Waals surface area contributed by atoms with Gasteiger partial charge >= 0.3 is 0 Å². The number of hydrogen-bond acceptors (Lipinski definition) is 4. The molecule has 4 aromatic rings. The van der Waals surface area contributed by atoms with Gasteiger partial charge in [0.1, 0.15) is 11.3 Å². The first-order chi connectivity index (χ1) is 10.7. The largest absolute Gasteiger partial charge is 0.436 e. The molecule has 2 aromatic heterocycles. The van der Waals surface area contributed by atoms with E-state index in [2.05, 4.69) is 10.1 Å². The molecule has 0 radical (unpaired) electrons. The first kappa shape index (κ1) is 12.6. The number of nitrogen functional groups attached to an aromatic ring is 1. The van der Waals surface area contributed by atoms with Crippen LogP contribution < -0.4 is 5.73 Å². The number of nitrogens with zero attached hydrogens (tertiary/aromatic N) is 3. The Morgan fingerprint density at radius 2 is 1.73 bits per heavy atom. The molecule has 22 heavy (non-hydrogen) atoms. The van der Waals surface area contributed by atoms with Crippen LogP contribution in [0.1, 0.15) is 0 Å². The van der Waals surface area contributed by atoms with Gasteiger partial charge < -0.3 is 10.2 Å². The van der Waals surface area contributed by atoms with Crippen LogP contribution in [0.4, 0.5) is 5.82 Å². The van der Waals surface area contributed by atoms with E-state index in [1.807, 2.05) is 61.6 Å². The standard InChI is InChI=1S/C17H14N4O/c1-21-16(18)10-14(20-21)11-6-2-3-7-12(11)17-19-13-8-4-5-9-15(13)22-17/h2-10H,18H2,1H3. The van der Waals surface area contributed by atoms with Crippen LogP contribution in [0, 0.1) is 0 Å². The molecule has 0 fully saturated rings. The normalized spacial score (nSPS) is 11.1. The van der Waals surface area contributed by atoms with Gasteiger partial charge in [-0.1, -0.05) is 30.3 Å². The summed E-state index contributed by atoms with van der Waals surface area (Å²) in [4.78, 5) is 4.57. The smallest absolute Gasteiger partial charge is 0.227 e. The van der Waals surface area contributed by atoms with E-state index >= 15 is 0 Å². The SMILES string of the molecule is Cn1nc(-c2ccccc2-c2nc3ccccc3o2)cc1N. The van der Waals surface area contributed by atoms with Crippen molar-refractivity contribution >= 4 is 16.9 Å². The van der Waals surface area contributed by atoms with E-state index in [9.17, 15) is 0 Å². The molecule has 0 bridgehead atoms. The minimum atomic E-state index is 0.584. The Morgan fingerprint density at radius 3 is 2.45 bits per heavy atom. The van der Waals surface area contributed by atoms with Gasteiger partial charge in [0, 0.05) is 24.2 Å². The second kappa shape index (κ2) is 4.73. The average Bonchev–Trinajstić information content (AvgIpc) is 3.11. The highest BCUT2D eigenvalue weighted by Crippen LogP contribution is 2.33. The van der Waals surface area contributed by atoms with Crippen LogP contribution >= 0.6 is 0 Å². The van der Waals surface area contributed by atoms with E-state index in [0.29, 0.717) is 11.7 Å². The predicted molar refractivity (Wildman–Crippen MR) is 86.1 cm³/mol. The Balaban J connectivity index is 1.92. The van der Waals surface area contributed by atoms with Gasteiger partial charge in [0.25, 0.3) is 0 Å². The molecule has 0 saturated heterocycles. The molecule has 4 rings (SSSR count). The molecule has 5 heteroatoms. The number of rotatable bonds is 2.